The van der Waals surface area contributed by atoms with E-state index in [0.29, 0.717) is 12.5 Å². The number of hydrogen-bond acceptors (Lipinski definition) is 3. The SMILES string of the molecule is CC(=O)N1CCC(C/C=C/CNC(=O)/C=C/c2cccnc2)CC1. The van der Waals surface area contributed by atoms with Gasteiger partial charge < -0.3 is 10.2 Å². The molecular formula is C19H25N3O2. The Hall–Kier alpha value is -2.43. The van der Waals surface area contributed by atoms with Gasteiger partial charge in [0.15, 0.2) is 0 Å². The van der Waals surface area contributed by atoms with Gasteiger partial charge in [-0.25, -0.2) is 0 Å². The molecule has 0 unspecified atom stereocenters. The molecule has 2 rings (SSSR count). The summed E-state index contributed by atoms with van der Waals surface area (Å²) in [4.78, 5) is 28.9. The van der Waals surface area contributed by atoms with Gasteiger partial charge in [0.1, 0.15) is 0 Å². The Morgan fingerprint density at radius 1 is 1.33 bits per heavy atom. The second kappa shape index (κ2) is 9.65. The monoisotopic (exact) mass is 327 g/mol. The van der Waals surface area contributed by atoms with Crippen LogP contribution in [0.4, 0.5) is 0 Å². The van der Waals surface area contributed by atoms with E-state index in [1.807, 2.05) is 23.1 Å². The van der Waals surface area contributed by atoms with E-state index in [-0.39, 0.29) is 11.8 Å². The predicted molar refractivity (Wildman–Crippen MR) is 95.0 cm³/mol. The van der Waals surface area contributed by atoms with Crippen molar-refractivity contribution in [1.29, 1.82) is 0 Å². The van der Waals surface area contributed by atoms with Crippen LogP contribution < -0.4 is 5.32 Å². The maximum atomic E-state index is 11.7. The summed E-state index contributed by atoms with van der Waals surface area (Å²) in [6.45, 7) is 3.89. The average molecular weight is 327 g/mol. The minimum Gasteiger partial charge on any atom is -0.349 e. The quantitative estimate of drug-likeness (QED) is 0.645. The summed E-state index contributed by atoms with van der Waals surface area (Å²) in [7, 11) is 0. The van der Waals surface area contributed by atoms with Crippen LogP contribution in [0.5, 0.6) is 0 Å². The van der Waals surface area contributed by atoms with Crippen molar-refractivity contribution < 1.29 is 9.59 Å². The maximum Gasteiger partial charge on any atom is 0.244 e. The third kappa shape index (κ3) is 6.36. The van der Waals surface area contributed by atoms with Crippen molar-refractivity contribution in [1.82, 2.24) is 15.2 Å². The van der Waals surface area contributed by atoms with Crippen LogP contribution in [0.2, 0.25) is 0 Å². The zero-order valence-corrected chi connectivity index (χ0v) is 14.1. The van der Waals surface area contributed by atoms with Gasteiger partial charge in [0.2, 0.25) is 11.8 Å². The molecular weight excluding hydrogens is 302 g/mol. The topological polar surface area (TPSA) is 62.3 Å². The number of allylic oxidation sites excluding steroid dienone is 1. The first kappa shape index (κ1) is 17.9. The minimum absolute atomic E-state index is 0.113. The van der Waals surface area contributed by atoms with E-state index in [0.717, 1.165) is 37.9 Å². The van der Waals surface area contributed by atoms with Gasteiger partial charge in [0.25, 0.3) is 0 Å². The van der Waals surface area contributed by atoms with Crippen molar-refractivity contribution in [3.63, 3.8) is 0 Å². The Bertz CT molecular complexity index is 588. The number of pyridine rings is 1. The molecule has 1 saturated heterocycles. The molecule has 0 saturated carbocycles. The van der Waals surface area contributed by atoms with Crippen molar-refractivity contribution in [2.24, 2.45) is 5.92 Å². The molecule has 0 bridgehead atoms. The van der Waals surface area contributed by atoms with Crippen molar-refractivity contribution in [3.05, 3.63) is 48.3 Å². The van der Waals surface area contributed by atoms with Gasteiger partial charge in [-0.15, -0.1) is 0 Å². The molecule has 128 valence electrons. The van der Waals surface area contributed by atoms with Crippen LogP contribution in [0.25, 0.3) is 6.08 Å². The third-order valence-electron chi connectivity index (χ3n) is 4.20. The lowest BCUT2D eigenvalue weighted by Gasteiger charge is -2.30. The molecule has 24 heavy (non-hydrogen) atoms. The van der Waals surface area contributed by atoms with Crippen molar-refractivity contribution in [2.45, 2.75) is 26.2 Å². The van der Waals surface area contributed by atoms with Crippen molar-refractivity contribution in [2.75, 3.05) is 19.6 Å². The normalized spacial score (nSPS) is 16.0. The van der Waals surface area contributed by atoms with Crippen molar-refractivity contribution >= 4 is 17.9 Å². The molecule has 1 aromatic heterocycles. The number of nitrogens with one attached hydrogen (secondary N) is 1. The van der Waals surface area contributed by atoms with E-state index < -0.39 is 0 Å². The second-order valence-corrected chi connectivity index (χ2v) is 6.02. The van der Waals surface area contributed by atoms with Crippen molar-refractivity contribution in [3.8, 4) is 0 Å². The van der Waals surface area contributed by atoms with Gasteiger partial charge in [-0.1, -0.05) is 18.2 Å². The van der Waals surface area contributed by atoms with Crippen LogP contribution in [0.1, 0.15) is 31.7 Å². The minimum atomic E-state index is -0.113. The number of rotatable bonds is 6. The fourth-order valence-corrected chi connectivity index (χ4v) is 2.72. The third-order valence-corrected chi connectivity index (χ3v) is 4.20. The van der Waals surface area contributed by atoms with Crippen LogP contribution in [-0.2, 0) is 9.59 Å². The lowest BCUT2D eigenvalue weighted by molar-refractivity contribution is -0.130. The van der Waals surface area contributed by atoms with E-state index in [9.17, 15) is 9.59 Å². The summed E-state index contributed by atoms with van der Waals surface area (Å²) in [5.74, 6) is 0.697. The molecule has 1 aromatic rings. The zero-order chi connectivity index (χ0) is 17.2. The Morgan fingerprint density at radius 2 is 2.12 bits per heavy atom. The number of aromatic nitrogens is 1. The highest BCUT2D eigenvalue weighted by atomic mass is 16.2. The smallest absolute Gasteiger partial charge is 0.244 e. The molecule has 1 N–H and O–H groups in total. The first-order valence-corrected chi connectivity index (χ1v) is 8.41. The van der Waals surface area contributed by atoms with Crippen LogP contribution in [0.15, 0.2) is 42.8 Å². The van der Waals surface area contributed by atoms with E-state index in [1.165, 1.54) is 6.08 Å². The van der Waals surface area contributed by atoms with Gasteiger partial charge >= 0.3 is 0 Å². The molecule has 1 fully saturated rings. The molecule has 0 aliphatic carbocycles. The van der Waals surface area contributed by atoms with Gasteiger partial charge in [-0.05, 0) is 42.9 Å². The summed E-state index contributed by atoms with van der Waals surface area (Å²) in [5, 5.41) is 2.83. The number of carbonyl (C=O) groups excluding carboxylic acids is 2. The summed E-state index contributed by atoms with van der Waals surface area (Å²) in [6, 6.07) is 3.73. The van der Waals surface area contributed by atoms with E-state index in [2.05, 4.69) is 16.4 Å². The molecule has 0 spiro atoms. The van der Waals surface area contributed by atoms with Crippen LogP contribution >= 0.6 is 0 Å². The Morgan fingerprint density at radius 3 is 2.79 bits per heavy atom. The highest BCUT2D eigenvalue weighted by molar-refractivity contribution is 5.91. The summed E-state index contributed by atoms with van der Waals surface area (Å²) >= 11 is 0. The molecule has 5 heteroatoms. The van der Waals surface area contributed by atoms with Gasteiger partial charge in [-0.2, -0.15) is 0 Å². The van der Waals surface area contributed by atoms with E-state index in [1.54, 1.807) is 25.4 Å². The number of hydrogen-bond donors (Lipinski definition) is 1. The van der Waals surface area contributed by atoms with Crippen LogP contribution in [0, 0.1) is 5.92 Å². The Labute approximate surface area is 143 Å². The zero-order valence-electron chi connectivity index (χ0n) is 14.1. The highest BCUT2D eigenvalue weighted by Gasteiger charge is 2.19. The average Bonchev–Trinajstić information content (AvgIpc) is 2.61. The number of piperidine rings is 1. The molecule has 1 aliphatic heterocycles. The number of amides is 2. The second-order valence-electron chi connectivity index (χ2n) is 6.02. The molecule has 0 atom stereocenters. The van der Waals surface area contributed by atoms with E-state index >= 15 is 0 Å². The number of nitrogens with zero attached hydrogens (tertiary/aromatic N) is 2. The molecule has 2 heterocycles. The summed E-state index contributed by atoms with van der Waals surface area (Å²) < 4.78 is 0. The molecule has 0 aromatic carbocycles. The maximum absolute atomic E-state index is 11.7. The molecule has 1 aliphatic rings. The van der Waals surface area contributed by atoms with Crippen LogP contribution in [-0.4, -0.2) is 41.3 Å². The first-order valence-electron chi connectivity index (χ1n) is 8.41. The Kier molecular flexibility index (Phi) is 7.21. The lowest BCUT2D eigenvalue weighted by atomic mass is 9.93. The number of carbonyl (C=O) groups is 2. The summed E-state index contributed by atoms with van der Waals surface area (Å²) in [6.07, 6.45) is 13.9. The lowest BCUT2D eigenvalue weighted by Crippen LogP contribution is -2.36. The molecule has 2 amide bonds. The molecule has 5 nitrogen and oxygen atoms in total. The Balaban J connectivity index is 1.60. The first-order chi connectivity index (χ1) is 11.6. The van der Waals surface area contributed by atoms with Crippen LogP contribution in [0.3, 0.4) is 0 Å². The largest absolute Gasteiger partial charge is 0.349 e. The number of likely N-dealkylation sites (tertiary alicyclic amines) is 1. The van der Waals surface area contributed by atoms with Gasteiger partial charge in [0.05, 0.1) is 0 Å². The van der Waals surface area contributed by atoms with Gasteiger partial charge in [0, 0.05) is 45.0 Å². The fourth-order valence-electron chi connectivity index (χ4n) is 2.72. The summed E-state index contributed by atoms with van der Waals surface area (Å²) in [5.41, 5.74) is 0.903. The van der Waals surface area contributed by atoms with Gasteiger partial charge in [-0.3, -0.25) is 14.6 Å². The molecule has 0 radical (unpaired) electrons. The predicted octanol–water partition coefficient (Wildman–Crippen LogP) is 2.42. The standard InChI is InChI=1S/C19H25N3O2/c1-16(23)22-13-9-17(10-14-22)5-2-3-12-21-19(24)8-7-18-6-4-11-20-15-18/h2-4,6-8,11,15,17H,5,9-10,12-14H2,1H3,(H,21,24)/b3-2+,8-7+. The fraction of sp³-hybridized carbons (Fsp3) is 0.421. The highest BCUT2D eigenvalue weighted by Crippen LogP contribution is 2.20. The van der Waals surface area contributed by atoms with E-state index in [4.69, 9.17) is 0 Å².